The Hall–Kier alpha value is -2.15. The lowest BCUT2D eigenvalue weighted by Gasteiger charge is -2.15. The van der Waals surface area contributed by atoms with Crippen molar-refractivity contribution in [3.63, 3.8) is 0 Å². The van der Waals surface area contributed by atoms with Gasteiger partial charge in [0.2, 0.25) is 5.88 Å². The van der Waals surface area contributed by atoms with Crippen molar-refractivity contribution in [1.29, 1.82) is 0 Å². The number of aromatic nitrogens is 4. The van der Waals surface area contributed by atoms with E-state index in [-0.39, 0.29) is 19.2 Å². The van der Waals surface area contributed by atoms with E-state index in [1.54, 1.807) is 12.4 Å². The summed E-state index contributed by atoms with van der Waals surface area (Å²) in [6, 6.07) is 7.85. The van der Waals surface area contributed by atoms with E-state index in [4.69, 9.17) is 9.47 Å². The molecule has 9 nitrogen and oxygen atoms in total. The number of nitrogens with zero attached hydrogens (tertiary/aromatic N) is 4. The molecule has 0 saturated carbocycles. The summed E-state index contributed by atoms with van der Waals surface area (Å²) < 4.78 is 31.1. The van der Waals surface area contributed by atoms with Gasteiger partial charge in [0.15, 0.2) is 17.0 Å². The van der Waals surface area contributed by atoms with Crippen LogP contribution in [0.25, 0.3) is 11.1 Å². The zero-order valence-electron chi connectivity index (χ0n) is 16.5. The average molecular weight is 572 g/mol. The van der Waals surface area contributed by atoms with E-state index in [0.29, 0.717) is 23.8 Å². The first-order chi connectivity index (χ1) is 15.1. The minimum Gasteiger partial charge on any atom is -0.473 e. The summed E-state index contributed by atoms with van der Waals surface area (Å²) in [5, 5.41) is 0. The van der Waals surface area contributed by atoms with Crippen molar-refractivity contribution in [2.45, 2.75) is 13.3 Å². The molecule has 2 heterocycles. The summed E-state index contributed by atoms with van der Waals surface area (Å²) in [4.78, 5) is 16.6. The molecule has 3 aromatic rings. The van der Waals surface area contributed by atoms with Gasteiger partial charge in [0.25, 0.3) is 0 Å². The second-order valence-corrected chi connectivity index (χ2v) is 8.92. The summed E-state index contributed by atoms with van der Waals surface area (Å²) in [6.07, 6.45) is 5.41. The van der Waals surface area contributed by atoms with Crippen LogP contribution in [0.2, 0.25) is 0 Å². The zero-order chi connectivity index (χ0) is 22.1. The van der Waals surface area contributed by atoms with Gasteiger partial charge < -0.3 is 9.47 Å². The average Bonchev–Trinajstić information content (AvgIpc) is 2.77. The topological polar surface area (TPSA) is 111 Å². The lowest BCUT2D eigenvalue weighted by molar-refractivity contribution is 0.202. The number of nitrogens with one attached hydrogen (secondary N) is 2. The molecule has 0 aliphatic carbocycles. The monoisotopic (exact) mass is 570 g/mol. The van der Waals surface area contributed by atoms with Crippen molar-refractivity contribution in [3.8, 4) is 23.0 Å². The maximum Gasteiger partial charge on any atom is 0.316 e. The van der Waals surface area contributed by atoms with Gasteiger partial charge in [0, 0.05) is 23.4 Å². The highest BCUT2D eigenvalue weighted by Crippen LogP contribution is 2.34. The fraction of sp³-hybridized carbons (Fsp3) is 0.263. The second kappa shape index (κ2) is 12.0. The molecule has 1 atom stereocenters. The van der Waals surface area contributed by atoms with Gasteiger partial charge >= 0.3 is 6.01 Å². The first-order valence-electron chi connectivity index (χ1n) is 9.33. The van der Waals surface area contributed by atoms with Gasteiger partial charge in [-0.3, -0.25) is 4.72 Å². The summed E-state index contributed by atoms with van der Waals surface area (Å²) in [6.45, 7) is 3.03. The molecule has 12 heteroatoms. The molecule has 3 rings (SSSR count). The highest BCUT2D eigenvalue weighted by Gasteiger charge is 2.17. The minimum absolute atomic E-state index is 0.205. The first kappa shape index (κ1) is 23.5. The van der Waals surface area contributed by atoms with E-state index < -0.39 is 11.2 Å². The van der Waals surface area contributed by atoms with Crippen molar-refractivity contribution in [2.75, 3.05) is 24.5 Å². The summed E-state index contributed by atoms with van der Waals surface area (Å²) >= 11 is 5.21. The Morgan fingerprint density at radius 1 is 0.968 bits per heavy atom. The van der Waals surface area contributed by atoms with Crippen LogP contribution in [-0.4, -0.2) is 43.9 Å². The Morgan fingerprint density at radius 2 is 1.68 bits per heavy atom. The Balaban J connectivity index is 1.76. The molecule has 2 N–H and O–H groups in total. The van der Waals surface area contributed by atoms with Crippen LogP contribution in [0.1, 0.15) is 13.3 Å². The van der Waals surface area contributed by atoms with Gasteiger partial charge in [0.1, 0.15) is 19.5 Å². The molecule has 0 amide bonds. The van der Waals surface area contributed by atoms with Gasteiger partial charge in [-0.15, -0.1) is 0 Å². The molecule has 0 aliphatic rings. The number of anilines is 1. The summed E-state index contributed by atoms with van der Waals surface area (Å²) in [5.74, 6) is 0.735. The number of hydrogen-bond donors (Lipinski definition) is 2. The van der Waals surface area contributed by atoms with Gasteiger partial charge in [-0.05, 0) is 40.0 Å². The van der Waals surface area contributed by atoms with Gasteiger partial charge in [-0.1, -0.05) is 35.0 Å². The Labute approximate surface area is 199 Å². The summed E-state index contributed by atoms with van der Waals surface area (Å²) in [7, 11) is 0. The third kappa shape index (κ3) is 7.20. The third-order valence-corrected chi connectivity index (χ3v) is 5.55. The van der Waals surface area contributed by atoms with E-state index in [0.717, 1.165) is 20.9 Å². The molecule has 1 aromatic carbocycles. The third-order valence-electron chi connectivity index (χ3n) is 3.77. The standard InChI is InChI=1S/C19H20Br2N6O3S/c1-2-7-26-31(28)27-17-16(13-3-5-14(20)6-4-13)18(25-12-24-17)29-8-9-30-19-22-10-15(21)11-23-19/h3-6,10-12,26H,2,7-9H2,1H3,(H,24,25,27). The highest BCUT2D eigenvalue weighted by molar-refractivity contribution is 9.10. The molecule has 164 valence electrons. The molecule has 31 heavy (non-hydrogen) atoms. The Morgan fingerprint density at radius 3 is 2.39 bits per heavy atom. The van der Waals surface area contributed by atoms with E-state index in [1.165, 1.54) is 6.33 Å². The SMILES string of the molecule is CCCNS(=O)Nc1ncnc(OCCOc2ncc(Br)cn2)c1-c1ccc(Br)cc1. The normalized spacial score (nSPS) is 11.7. The van der Waals surface area contributed by atoms with Crippen LogP contribution in [0.4, 0.5) is 5.82 Å². The molecule has 0 saturated heterocycles. The molecule has 0 radical (unpaired) electrons. The molecule has 0 fully saturated rings. The zero-order valence-corrected chi connectivity index (χ0v) is 20.5. The van der Waals surface area contributed by atoms with Crippen LogP contribution in [0.5, 0.6) is 11.9 Å². The predicted octanol–water partition coefficient (Wildman–Crippen LogP) is 3.91. The predicted molar refractivity (Wildman–Crippen MR) is 126 cm³/mol. The molecular weight excluding hydrogens is 552 g/mol. The van der Waals surface area contributed by atoms with Crippen LogP contribution >= 0.6 is 31.9 Å². The lowest BCUT2D eigenvalue weighted by Crippen LogP contribution is -2.25. The molecule has 2 aromatic heterocycles. The van der Waals surface area contributed by atoms with Crippen molar-refractivity contribution >= 4 is 48.8 Å². The number of hydrogen-bond acceptors (Lipinski definition) is 7. The van der Waals surface area contributed by atoms with E-state index >= 15 is 0 Å². The molecule has 0 bridgehead atoms. The van der Waals surface area contributed by atoms with Crippen LogP contribution < -0.4 is 18.9 Å². The largest absolute Gasteiger partial charge is 0.473 e. The van der Waals surface area contributed by atoms with Crippen molar-refractivity contribution in [2.24, 2.45) is 0 Å². The van der Waals surface area contributed by atoms with Crippen molar-refractivity contribution in [3.05, 3.63) is 51.9 Å². The van der Waals surface area contributed by atoms with Crippen LogP contribution in [0.15, 0.2) is 51.9 Å². The first-order valence-corrected chi connectivity index (χ1v) is 12.1. The van der Waals surface area contributed by atoms with Crippen molar-refractivity contribution < 1.29 is 13.7 Å². The van der Waals surface area contributed by atoms with Gasteiger partial charge in [-0.2, -0.15) is 0 Å². The molecule has 1 unspecified atom stereocenters. The fourth-order valence-corrected chi connectivity index (χ4v) is 3.66. The number of halogens is 2. The number of benzene rings is 1. The van der Waals surface area contributed by atoms with E-state index in [2.05, 4.69) is 61.2 Å². The minimum atomic E-state index is -1.50. The maximum absolute atomic E-state index is 12.3. The van der Waals surface area contributed by atoms with Crippen LogP contribution in [0, 0.1) is 0 Å². The Kier molecular flexibility index (Phi) is 9.13. The summed E-state index contributed by atoms with van der Waals surface area (Å²) in [5.41, 5.74) is 1.41. The van der Waals surface area contributed by atoms with Crippen LogP contribution in [-0.2, 0) is 11.2 Å². The molecule has 0 spiro atoms. The Bertz CT molecular complexity index is 1010. The fourth-order valence-electron chi connectivity index (χ4n) is 2.40. The molecule has 0 aliphatic heterocycles. The van der Waals surface area contributed by atoms with Gasteiger partial charge in [0.05, 0.1) is 10.0 Å². The van der Waals surface area contributed by atoms with Gasteiger partial charge in [-0.25, -0.2) is 28.9 Å². The number of ether oxygens (including phenoxy) is 2. The second-order valence-electron chi connectivity index (χ2n) is 6.06. The quantitative estimate of drug-likeness (QED) is 0.336. The highest BCUT2D eigenvalue weighted by atomic mass is 79.9. The molecular formula is C19H20Br2N6O3S. The van der Waals surface area contributed by atoms with E-state index in [1.807, 2.05) is 31.2 Å². The van der Waals surface area contributed by atoms with Crippen molar-refractivity contribution in [1.82, 2.24) is 24.7 Å². The van der Waals surface area contributed by atoms with Crippen LogP contribution in [0.3, 0.4) is 0 Å². The lowest BCUT2D eigenvalue weighted by atomic mass is 10.1. The number of rotatable bonds is 11. The van der Waals surface area contributed by atoms with E-state index in [9.17, 15) is 4.21 Å². The maximum atomic E-state index is 12.3. The smallest absolute Gasteiger partial charge is 0.316 e.